The number of nitrogens with zero attached hydrogens (tertiary/aromatic N) is 15. The zero-order valence-electron chi connectivity index (χ0n) is 70.1. The molecule has 652 valence electrons. The topological polar surface area (TPSA) is 360 Å². The van der Waals surface area contributed by atoms with Crippen LogP contribution in [0.25, 0.3) is 0 Å². The Labute approximate surface area is 729 Å². The zero-order chi connectivity index (χ0) is 87.4. The number of aryl methyl sites for hydroxylation is 2. The van der Waals surface area contributed by atoms with Gasteiger partial charge in [0.05, 0.1) is 91.0 Å². The molecule has 5 saturated heterocycles. The number of imidazole rings is 2. The van der Waals surface area contributed by atoms with Crippen molar-refractivity contribution in [3.05, 3.63) is 217 Å². The lowest BCUT2D eigenvalue weighted by Gasteiger charge is -2.47. The third-order valence-electron chi connectivity index (χ3n) is 26.4. The number of nitrogens with one attached hydrogen (secondary N) is 1. The molecule has 0 spiro atoms. The molecule has 16 aliphatic rings. The van der Waals surface area contributed by atoms with Gasteiger partial charge < -0.3 is 110 Å². The molecule has 36 nitrogen and oxygen atoms in total. The molecule has 19 heterocycles. The summed E-state index contributed by atoms with van der Waals surface area (Å²) in [6, 6.07) is 26.4. The SMILES string of the molecule is CN1CC(=O)N2[C@H](CC3=C(CC=C3)[C@H]2c2ccc3c(c2)OCO3)C1=O.CN1CC(=O)N2[C@H](c3ccc4c(c3)OCO4)c3c(ccn3C)C[C@@H]2C1=O.CN1CC(=O)N2[C@H](c3ccc4c(c3)OCO4)c3nc[nH]c3C[C@@H]2C1=O.CN1CC(=O)N2[C@H](c3ccc4c(c3)OCO4)c3ncn(C)c3C[C@@H]2C1=O.CN1CC(=O)N2[C@H](c3ccc4c(c3)OCO4)c3scnc3C[C@@H]2C1=O. The first-order chi connectivity index (χ1) is 61.5. The number of aromatic nitrogens is 6. The molecule has 5 fully saturated rings. The van der Waals surface area contributed by atoms with Gasteiger partial charge >= 0.3 is 0 Å². The minimum Gasteiger partial charge on any atom is -0.454 e. The number of carbonyl (C=O) groups is 10. The summed E-state index contributed by atoms with van der Waals surface area (Å²) < 4.78 is 58.4. The molecular weight excluding hydrogens is 1660 g/mol. The number of aromatic amines is 1. The van der Waals surface area contributed by atoms with Gasteiger partial charge in [0.2, 0.25) is 93.0 Å². The Bertz CT molecular complexity index is 6080. The van der Waals surface area contributed by atoms with Crippen molar-refractivity contribution in [3.63, 3.8) is 0 Å². The normalized spacial score (nSPS) is 24.7. The van der Waals surface area contributed by atoms with Crippen molar-refractivity contribution in [2.24, 2.45) is 14.1 Å². The van der Waals surface area contributed by atoms with Gasteiger partial charge in [0, 0.05) is 105 Å². The van der Waals surface area contributed by atoms with E-state index < -0.39 is 42.3 Å². The summed E-state index contributed by atoms with van der Waals surface area (Å²) in [5, 5.41) is 0. The van der Waals surface area contributed by atoms with Gasteiger partial charge in [0.15, 0.2) is 57.5 Å². The summed E-state index contributed by atoms with van der Waals surface area (Å²) >= 11 is 1.52. The van der Waals surface area contributed by atoms with Crippen LogP contribution in [0.5, 0.6) is 57.5 Å². The fraction of sp³-hybridized carbons (Fsp3) is 0.367. The smallest absolute Gasteiger partial charge is 0.246 e. The Balaban J connectivity index is 0.0000000967. The van der Waals surface area contributed by atoms with E-state index in [9.17, 15) is 47.9 Å². The van der Waals surface area contributed by atoms with Crippen LogP contribution < -0.4 is 47.4 Å². The first-order valence-electron chi connectivity index (χ1n) is 41.7. The molecule has 10 amide bonds. The first-order valence-corrected chi connectivity index (χ1v) is 42.6. The maximum atomic E-state index is 12.9. The summed E-state index contributed by atoms with van der Waals surface area (Å²) in [4.78, 5) is 161. The van der Waals surface area contributed by atoms with Crippen LogP contribution >= 0.6 is 11.3 Å². The van der Waals surface area contributed by atoms with Gasteiger partial charge in [-0.3, -0.25) is 47.9 Å². The highest BCUT2D eigenvalue weighted by molar-refractivity contribution is 7.09. The number of benzene rings is 5. The van der Waals surface area contributed by atoms with Crippen LogP contribution in [0.15, 0.2) is 145 Å². The molecule has 1 aliphatic carbocycles. The zero-order valence-corrected chi connectivity index (χ0v) is 70.9. The molecular formula is C90H86N16O20S. The number of piperazine rings is 5. The quantitative estimate of drug-likeness (QED) is 0.238. The van der Waals surface area contributed by atoms with Crippen molar-refractivity contribution in [1.29, 1.82) is 0 Å². The van der Waals surface area contributed by atoms with Crippen LogP contribution in [-0.2, 0) is 87.7 Å². The highest BCUT2D eigenvalue weighted by Gasteiger charge is 2.54. The van der Waals surface area contributed by atoms with Gasteiger partial charge in [0.25, 0.3) is 0 Å². The average molecular weight is 1740 g/mol. The molecule has 15 aliphatic heterocycles. The maximum absolute atomic E-state index is 12.9. The number of allylic oxidation sites excluding steroid dienone is 2. The number of rotatable bonds is 5. The third kappa shape index (κ3) is 13.4. The fourth-order valence-corrected chi connectivity index (χ4v) is 21.3. The fourth-order valence-electron chi connectivity index (χ4n) is 20.3. The van der Waals surface area contributed by atoms with E-state index >= 15 is 0 Å². The summed E-state index contributed by atoms with van der Waals surface area (Å²) in [6.45, 7) is 1.49. The second-order valence-electron chi connectivity index (χ2n) is 33.8. The van der Waals surface area contributed by atoms with Gasteiger partial charge in [0.1, 0.15) is 42.3 Å². The Morgan fingerprint density at radius 2 is 0.748 bits per heavy atom. The van der Waals surface area contributed by atoms with Gasteiger partial charge in [-0.15, -0.1) is 11.3 Å². The number of ether oxygens (including phenoxy) is 10. The Morgan fingerprint density at radius 1 is 0.370 bits per heavy atom. The first kappa shape index (κ1) is 79.8. The van der Waals surface area contributed by atoms with Crippen LogP contribution in [-0.4, -0.2) is 269 Å². The Morgan fingerprint density at radius 3 is 1.22 bits per heavy atom. The van der Waals surface area contributed by atoms with Crippen LogP contribution in [0.4, 0.5) is 0 Å². The monoisotopic (exact) mass is 1740 g/mol. The molecule has 0 unspecified atom stereocenters. The number of likely N-dealkylation sites (N-methyl/N-ethyl adjacent to an activating group) is 5. The number of fused-ring (bicyclic) bond motifs is 14. The van der Waals surface area contributed by atoms with Gasteiger partial charge in [-0.2, -0.15) is 0 Å². The van der Waals surface area contributed by atoms with Crippen LogP contribution in [0, 0.1) is 0 Å². The Hall–Kier alpha value is -14.4. The van der Waals surface area contributed by atoms with E-state index in [4.69, 9.17) is 47.4 Å². The van der Waals surface area contributed by atoms with Crippen molar-refractivity contribution < 1.29 is 95.3 Å². The van der Waals surface area contributed by atoms with E-state index in [-0.39, 0.29) is 144 Å². The number of H-pyrrole nitrogens is 1. The Kier molecular flexibility index (Phi) is 19.5. The van der Waals surface area contributed by atoms with Gasteiger partial charge in [-0.25, -0.2) is 15.0 Å². The molecule has 10 atom stereocenters. The molecule has 1 N–H and O–H groups in total. The van der Waals surface area contributed by atoms with E-state index in [2.05, 4.69) is 32.1 Å². The van der Waals surface area contributed by atoms with Crippen molar-refractivity contribution in [2.45, 2.75) is 98.9 Å². The lowest BCUT2D eigenvalue weighted by Crippen LogP contribution is -2.62. The highest BCUT2D eigenvalue weighted by Crippen LogP contribution is 2.52. The average Bonchev–Trinajstić information content (AvgIpc) is 1.68. The second kappa shape index (κ2) is 31.1. The summed E-state index contributed by atoms with van der Waals surface area (Å²) in [7, 11) is 12.3. The predicted molar refractivity (Wildman–Crippen MR) is 444 cm³/mol. The van der Waals surface area contributed by atoms with E-state index in [1.165, 1.54) is 47.0 Å². The van der Waals surface area contributed by atoms with Crippen molar-refractivity contribution in [1.82, 2.24) is 78.1 Å². The molecule has 9 aromatic rings. The van der Waals surface area contributed by atoms with Gasteiger partial charge in [-0.05, 0) is 118 Å². The summed E-state index contributed by atoms with van der Waals surface area (Å²) in [5.41, 5.74) is 15.2. The largest absolute Gasteiger partial charge is 0.454 e. The maximum Gasteiger partial charge on any atom is 0.246 e. The number of carbonyl (C=O) groups excluding carboxylic acids is 10. The highest BCUT2D eigenvalue weighted by atomic mass is 32.1. The minimum atomic E-state index is -0.519. The molecule has 0 bridgehead atoms. The van der Waals surface area contributed by atoms with Crippen LogP contribution in [0.2, 0.25) is 0 Å². The van der Waals surface area contributed by atoms with E-state index in [0.717, 1.165) is 84.6 Å². The van der Waals surface area contributed by atoms with Crippen LogP contribution in [0.1, 0.15) is 115 Å². The number of hydrogen-bond donors (Lipinski definition) is 1. The number of hydrogen-bond acceptors (Lipinski definition) is 24. The van der Waals surface area contributed by atoms with E-state index in [1.807, 2.05) is 126 Å². The summed E-state index contributed by atoms with van der Waals surface area (Å²) in [6.07, 6.45) is 12.9. The molecule has 127 heavy (non-hydrogen) atoms. The standard InChI is InChI=1S/C19H19N3O4.C19H18N2O4.C18H18N4O4.C17H16N4O4.C17H15N3O4S/c1-20-6-5-12-7-13-19(24)21(2)9-16(23)22(13)18(17(12)20)11-3-4-14-15(8-11)26-10-25-14;1-20-9-17(22)21-14(19(20)23)7-11-3-2-4-13(11)18(21)12-5-6-15-16(8-12)25-10-24-15;1-20-7-15(23)22-12(18(20)24)6-11-16(19-8-21(11)2)17(22)10-3-4-13-14(5-10)26-9-25-13;1-20-6-14(22)21-11(17(20)23)5-10-15(19-7-18-10)16(21)9-2-3-12-13(4-9)25-8-24-12;1-19-6-14(21)20-11(17(19)22)5-10-16(25-7-18-10)15(20)9-2-3-12-13(4-9)24-8-23-12/h3-6,8,13,18H,7,9-10H2,1-2H3;2-3,5-6,8,14,18H,4,7,9-10H2,1H3;3-5,8,12,17H,6-7,9H2,1-2H3;2-4,7,11,16H,5-6,8H2,1H3,(H,18,19);2-4,7,11,15H,5-6,8H2,1H3/t13-,18-;14-,18-;12-,17-;11-,16-;11-,15-/m11111/s1. The third-order valence-corrected chi connectivity index (χ3v) is 27.3. The predicted octanol–water partition coefficient (Wildman–Crippen LogP) is 4.96. The molecule has 25 rings (SSSR count). The lowest BCUT2D eigenvalue weighted by atomic mass is 9.84. The van der Waals surface area contributed by atoms with E-state index in [0.29, 0.717) is 83.8 Å². The molecule has 0 radical (unpaired) electrons. The van der Waals surface area contributed by atoms with Crippen molar-refractivity contribution in [3.8, 4) is 57.5 Å². The number of amides is 10. The van der Waals surface area contributed by atoms with E-state index in [1.54, 1.807) is 77.9 Å². The minimum absolute atomic E-state index is 0.00628. The molecule has 4 aromatic heterocycles. The summed E-state index contributed by atoms with van der Waals surface area (Å²) in [5.74, 6) is 6.44. The van der Waals surface area contributed by atoms with Crippen molar-refractivity contribution in [2.75, 3.05) is 102 Å². The molecule has 0 saturated carbocycles. The number of thiazole rings is 1. The lowest BCUT2D eigenvalue weighted by molar-refractivity contribution is -0.157. The molecule has 5 aromatic carbocycles. The van der Waals surface area contributed by atoms with Crippen molar-refractivity contribution >= 4 is 70.4 Å². The second-order valence-corrected chi connectivity index (χ2v) is 34.6. The molecule has 37 heteroatoms. The van der Waals surface area contributed by atoms with Crippen LogP contribution in [0.3, 0.4) is 0 Å². The van der Waals surface area contributed by atoms with Gasteiger partial charge in [-0.1, -0.05) is 42.5 Å².